The number of ether oxygens (including phenoxy) is 1. The number of hydrogen-bond acceptors (Lipinski definition) is 6. The molecule has 1 fully saturated rings. The van der Waals surface area contributed by atoms with Gasteiger partial charge in [-0.15, -0.1) is 0 Å². The third-order valence-corrected chi connectivity index (χ3v) is 5.64. The number of benzene rings is 3. The molecule has 3 aromatic rings. The first-order valence-corrected chi connectivity index (χ1v) is 10.7. The molecule has 4 rings (SSSR count). The summed E-state index contributed by atoms with van der Waals surface area (Å²) in [5.41, 5.74) is 2.00. The van der Waals surface area contributed by atoms with Gasteiger partial charge in [-0.3, -0.25) is 25.0 Å². The van der Waals surface area contributed by atoms with Crippen LogP contribution in [0.15, 0.2) is 72.3 Å². The Morgan fingerprint density at radius 2 is 1.80 bits per heavy atom. The summed E-state index contributed by atoms with van der Waals surface area (Å²) in [7, 11) is 0. The first-order valence-electron chi connectivity index (χ1n) is 10.4. The first-order chi connectivity index (χ1) is 16.7. The molecule has 10 heteroatoms. The lowest BCUT2D eigenvalue weighted by molar-refractivity contribution is -0.384. The number of rotatable bonds is 6. The molecule has 0 bridgehead atoms. The predicted molar refractivity (Wildman–Crippen MR) is 129 cm³/mol. The smallest absolute Gasteiger partial charge is 0.335 e. The maximum absolute atomic E-state index is 13.1. The fourth-order valence-electron chi connectivity index (χ4n) is 3.35. The van der Waals surface area contributed by atoms with Crippen molar-refractivity contribution in [3.63, 3.8) is 0 Å². The molecule has 0 spiro atoms. The van der Waals surface area contributed by atoms with E-state index < -0.39 is 22.8 Å². The highest BCUT2D eigenvalue weighted by atomic mass is 35.5. The Bertz CT molecular complexity index is 1380. The van der Waals surface area contributed by atoms with E-state index in [-0.39, 0.29) is 23.6 Å². The van der Waals surface area contributed by atoms with Gasteiger partial charge < -0.3 is 4.74 Å². The number of nitrogens with zero attached hydrogens (tertiary/aromatic N) is 2. The van der Waals surface area contributed by atoms with E-state index >= 15 is 0 Å². The van der Waals surface area contributed by atoms with E-state index in [1.54, 1.807) is 55.5 Å². The summed E-state index contributed by atoms with van der Waals surface area (Å²) in [4.78, 5) is 49.0. The number of amides is 4. The van der Waals surface area contributed by atoms with Crippen LogP contribution in [0.1, 0.15) is 16.7 Å². The van der Waals surface area contributed by atoms with Crippen molar-refractivity contribution >= 4 is 46.9 Å². The van der Waals surface area contributed by atoms with Gasteiger partial charge in [-0.1, -0.05) is 29.8 Å². The highest BCUT2D eigenvalue weighted by Crippen LogP contribution is 2.27. The lowest BCUT2D eigenvalue weighted by atomic mass is 10.1. The number of aryl methyl sites for hydroxylation is 1. The molecule has 0 radical (unpaired) electrons. The SMILES string of the molecule is Cc1ccc(N2C(=O)NC(=O)C(=Cc3cccc(OCc4ccc([N+](=O)[O-])cc4)c3)C2=O)cc1Cl. The molecule has 0 saturated carbocycles. The van der Waals surface area contributed by atoms with Crippen molar-refractivity contribution in [2.24, 2.45) is 0 Å². The van der Waals surface area contributed by atoms with Gasteiger partial charge in [-0.05, 0) is 66.1 Å². The zero-order valence-corrected chi connectivity index (χ0v) is 19.1. The fraction of sp³-hybridized carbons (Fsp3) is 0.0800. The summed E-state index contributed by atoms with van der Waals surface area (Å²) in [6.45, 7) is 1.95. The molecule has 1 aliphatic rings. The number of imide groups is 2. The van der Waals surface area contributed by atoms with Gasteiger partial charge in [0.1, 0.15) is 17.9 Å². The van der Waals surface area contributed by atoms with Crippen LogP contribution in [0.5, 0.6) is 5.75 Å². The average molecular weight is 492 g/mol. The highest BCUT2D eigenvalue weighted by Gasteiger charge is 2.37. The maximum atomic E-state index is 13.1. The van der Waals surface area contributed by atoms with Crippen molar-refractivity contribution < 1.29 is 24.0 Å². The molecular weight excluding hydrogens is 474 g/mol. The third-order valence-electron chi connectivity index (χ3n) is 5.24. The molecular formula is C25H18ClN3O6. The lowest BCUT2D eigenvalue weighted by Crippen LogP contribution is -2.54. The number of nitro groups is 1. The zero-order chi connectivity index (χ0) is 25.1. The Morgan fingerprint density at radius 3 is 2.49 bits per heavy atom. The summed E-state index contributed by atoms with van der Waals surface area (Å²) < 4.78 is 5.74. The number of carbonyl (C=O) groups excluding carboxylic acids is 3. The highest BCUT2D eigenvalue weighted by molar-refractivity contribution is 6.39. The Morgan fingerprint density at radius 1 is 1.06 bits per heavy atom. The van der Waals surface area contributed by atoms with Crippen LogP contribution in [0.2, 0.25) is 5.02 Å². The van der Waals surface area contributed by atoms with E-state index in [1.165, 1.54) is 24.3 Å². The van der Waals surface area contributed by atoms with Gasteiger partial charge in [0.05, 0.1) is 10.6 Å². The second-order valence-electron chi connectivity index (χ2n) is 7.68. The Labute approximate surface area is 204 Å². The number of barbiturate groups is 1. The van der Waals surface area contributed by atoms with Gasteiger partial charge in [-0.25, -0.2) is 9.69 Å². The summed E-state index contributed by atoms with van der Waals surface area (Å²) >= 11 is 6.14. The molecule has 4 amide bonds. The second kappa shape index (κ2) is 9.78. The number of non-ortho nitro benzene ring substituents is 1. The molecule has 1 N–H and O–H groups in total. The van der Waals surface area contributed by atoms with Crippen LogP contribution in [-0.4, -0.2) is 22.8 Å². The molecule has 1 saturated heterocycles. The van der Waals surface area contributed by atoms with Crippen LogP contribution < -0.4 is 15.0 Å². The maximum Gasteiger partial charge on any atom is 0.335 e. The van der Waals surface area contributed by atoms with Crippen molar-refractivity contribution in [2.45, 2.75) is 13.5 Å². The van der Waals surface area contributed by atoms with E-state index in [9.17, 15) is 24.5 Å². The number of urea groups is 1. The summed E-state index contributed by atoms with van der Waals surface area (Å²) in [6, 6.07) is 16.5. The summed E-state index contributed by atoms with van der Waals surface area (Å²) in [5.74, 6) is -1.14. The van der Waals surface area contributed by atoms with Crippen molar-refractivity contribution in [2.75, 3.05) is 4.90 Å². The van der Waals surface area contributed by atoms with Crippen molar-refractivity contribution in [3.8, 4) is 5.75 Å². The van der Waals surface area contributed by atoms with Crippen molar-refractivity contribution in [1.82, 2.24) is 5.32 Å². The van der Waals surface area contributed by atoms with Gasteiger partial charge in [-0.2, -0.15) is 0 Å². The van der Waals surface area contributed by atoms with E-state index in [4.69, 9.17) is 16.3 Å². The van der Waals surface area contributed by atoms with Gasteiger partial charge in [0, 0.05) is 17.2 Å². The van der Waals surface area contributed by atoms with Gasteiger partial charge in [0.2, 0.25) is 0 Å². The Kier molecular flexibility index (Phi) is 6.61. The van der Waals surface area contributed by atoms with Crippen molar-refractivity contribution in [1.29, 1.82) is 0 Å². The molecule has 0 aromatic heterocycles. The molecule has 0 unspecified atom stereocenters. The number of anilines is 1. The van der Waals surface area contributed by atoms with E-state index in [2.05, 4.69) is 5.32 Å². The summed E-state index contributed by atoms with van der Waals surface area (Å²) in [6.07, 6.45) is 1.37. The standard InChI is InChI=1S/C25H18ClN3O6/c1-15-5-8-19(13-22(15)26)28-24(31)21(23(30)27-25(28)32)12-17-3-2-4-20(11-17)35-14-16-6-9-18(10-7-16)29(33)34/h2-13H,14H2,1H3,(H,27,30,32). The van der Waals surface area contributed by atoms with Gasteiger partial charge in [0.25, 0.3) is 17.5 Å². The van der Waals surface area contributed by atoms with Crippen LogP contribution in [0.25, 0.3) is 6.08 Å². The molecule has 3 aromatic carbocycles. The topological polar surface area (TPSA) is 119 Å². The van der Waals surface area contributed by atoms with Crippen LogP contribution in [0.3, 0.4) is 0 Å². The minimum atomic E-state index is -0.864. The van der Waals surface area contributed by atoms with Crippen LogP contribution >= 0.6 is 11.6 Å². The fourth-order valence-corrected chi connectivity index (χ4v) is 3.53. The molecule has 1 heterocycles. The molecule has 0 atom stereocenters. The molecule has 9 nitrogen and oxygen atoms in total. The zero-order valence-electron chi connectivity index (χ0n) is 18.4. The monoisotopic (exact) mass is 491 g/mol. The minimum absolute atomic E-state index is 0.0155. The quantitative estimate of drug-likeness (QED) is 0.229. The van der Waals surface area contributed by atoms with Crippen LogP contribution in [0, 0.1) is 17.0 Å². The number of carbonyl (C=O) groups is 3. The van der Waals surface area contributed by atoms with Gasteiger partial charge >= 0.3 is 6.03 Å². The molecule has 1 aliphatic heterocycles. The molecule has 0 aliphatic carbocycles. The third kappa shape index (κ3) is 5.20. The lowest BCUT2D eigenvalue weighted by Gasteiger charge is -2.26. The Balaban J connectivity index is 1.54. The predicted octanol–water partition coefficient (Wildman–Crippen LogP) is 4.80. The largest absolute Gasteiger partial charge is 0.489 e. The normalized spacial score (nSPS) is 14.7. The van der Waals surface area contributed by atoms with E-state index in [0.29, 0.717) is 16.3 Å². The van der Waals surface area contributed by atoms with Gasteiger partial charge in [0.15, 0.2) is 0 Å². The number of nitro benzene ring substituents is 1. The molecule has 35 heavy (non-hydrogen) atoms. The van der Waals surface area contributed by atoms with Crippen molar-refractivity contribution in [3.05, 3.63) is 104 Å². The minimum Gasteiger partial charge on any atom is -0.489 e. The second-order valence-corrected chi connectivity index (χ2v) is 8.08. The van der Waals surface area contributed by atoms with Crippen LogP contribution in [0.4, 0.5) is 16.2 Å². The first kappa shape index (κ1) is 23.7. The molecule has 176 valence electrons. The van der Waals surface area contributed by atoms with E-state index in [1.807, 2.05) is 0 Å². The van der Waals surface area contributed by atoms with Crippen LogP contribution in [-0.2, 0) is 16.2 Å². The number of halogens is 1. The summed E-state index contributed by atoms with van der Waals surface area (Å²) in [5, 5.41) is 13.3. The number of hydrogen-bond donors (Lipinski definition) is 1. The van der Waals surface area contributed by atoms with E-state index in [0.717, 1.165) is 16.0 Å². The number of nitrogens with one attached hydrogen (secondary N) is 1. The average Bonchev–Trinajstić information content (AvgIpc) is 2.83. The Hall–Kier alpha value is -4.50.